The molecule has 9 heteroatoms. The summed E-state index contributed by atoms with van der Waals surface area (Å²) in [4.78, 5) is 23.4. The van der Waals surface area contributed by atoms with Crippen molar-refractivity contribution in [1.29, 1.82) is 0 Å². The molecule has 2 aromatic carbocycles. The summed E-state index contributed by atoms with van der Waals surface area (Å²) in [5.74, 6) is 1.83. The highest BCUT2D eigenvalue weighted by Gasteiger charge is 2.19. The number of aromatic nitrogens is 3. The van der Waals surface area contributed by atoms with E-state index in [4.69, 9.17) is 25.8 Å². The Morgan fingerprint density at radius 1 is 1.06 bits per heavy atom. The van der Waals surface area contributed by atoms with Gasteiger partial charge in [0.25, 0.3) is 0 Å². The van der Waals surface area contributed by atoms with Gasteiger partial charge in [0.2, 0.25) is 0 Å². The van der Waals surface area contributed by atoms with Crippen LogP contribution in [0.4, 0.5) is 10.5 Å². The molecule has 4 rings (SSSR count). The van der Waals surface area contributed by atoms with Gasteiger partial charge in [-0.3, -0.25) is 0 Å². The Morgan fingerprint density at radius 3 is 2.56 bits per heavy atom. The highest BCUT2D eigenvalue weighted by molar-refractivity contribution is 6.30. The normalized spacial score (nSPS) is 10.8. The van der Waals surface area contributed by atoms with Crippen LogP contribution in [-0.4, -0.2) is 41.9 Å². The van der Waals surface area contributed by atoms with E-state index >= 15 is 0 Å². The van der Waals surface area contributed by atoms with Crippen molar-refractivity contribution in [2.45, 2.75) is 6.54 Å². The number of para-hydroxylation sites is 1. The molecular formula is C23H21ClN4O4. The molecule has 0 bridgehead atoms. The Morgan fingerprint density at radius 2 is 1.84 bits per heavy atom. The van der Waals surface area contributed by atoms with Crippen molar-refractivity contribution < 1.29 is 19.0 Å². The van der Waals surface area contributed by atoms with Crippen LogP contribution in [0.5, 0.6) is 17.2 Å². The summed E-state index contributed by atoms with van der Waals surface area (Å²) in [6.45, 7) is 0.504. The second-order valence-corrected chi connectivity index (χ2v) is 7.35. The summed E-state index contributed by atoms with van der Waals surface area (Å²) in [5, 5.41) is 0.232. The molecule has 0 saturated carbocycles. The lowest BCUT2D eigenvalue weighted by atomic mass is 10.1. The number of benzene rings is 2. The third-order valence-electron chi connectivity index (χ3n) is 4.91. The number of carbonyl (C=O) groups is 1. The van der Waals surface area contributed by atoms with Crippen LogP contribution in [-0.2, 0) is 6.54 Å². The number of carbonyl (C=O) groups excluding carboxylic acids is 1. The van der Waals surface area contributed by atoms with Crippen LogP contribution in [0.1, 0.15) is 5.56 Å². The van der Waals surface area contributed by atoms with E-state index in [1.807, 2.05) is 36.2 Å². The Kier molecular flexibility index (Phi) is 6.13. The number of ether oxygens (including phenoxy) is 3. The molecule has 4 aromatic rings. The molecule has 32 heavy (non-hydrogen) atoms. The molecule has 2 aromatic heterocycles. The lowest BCUT2D eigenvalue weighted by molar-refractivity contribution is 0.203. The van der Waals surface area contributed by atoms with Crippen molar-refractivity contribution in [2.75, 3.05) is 26.2 Å². The quantitative estimate of drug-likeness (QED) is 0.389. The number of pyridine rings is 1. The molecule has 0 amide bonds. The van der Waals surface area contributed by atoms with Crippen LogP contribution in [0, 0.1) is 0 Å². The summed E-state index contributed by atoms with van der Waals surface area (Å²) in [7, 11) is 5.12. The lowest BCUT2D eigenvalue weighted by Gasteiger charge is -2.21. The second kappa shape index (κ2) is 9.15. The average molecular weight is 453 g/mol. The number of halogens is 1. The van der Waals surface area contributed by atoms with E-state index in [0.29, 0.717) is 40.6 Å². The minimum Gasteiger partial charge on any atom is -0.497 e. The van der Waals surface area contributed by atoms with Gasteiger partial charge in [-0.05, 0) is 24.3 Å². The molecule has 0 aliphatic rings. The number of hydrogen-bond donors (Lipinski definition) is 0. The number of imidazole rings is 1. The summed E-state index contributed by atoms with van der Waals surface area (Å²) in [5.41, 5.74) is 2.49. The summed E-state index contributed by atoms with van der Waals surface area (Å²) >= 11 is 6.29. The zero-order valence-corrected chi connectivity index (χ0v) is 18.5. The van der Waals surface area contributed by atoms with Crippen molar-refractivity contribution in [3.8, 4) is 17.2 Å². The van der Waals surface area contributed by atoms with Crippen molar-refractivity contribution in [1.82, 2.24) is 14.5 Å². The van der Waals surface area contributed by atoms with Crippen molar-refractivity contribution >= 4 is 34.5 Å². The standard InChI is InChI=1S/C23H21ClN4O4/c1-27(13-15-9-10-17(30-2)11-19(15)31-3)18-12-20(24)26-22-21(18)25-14-28(22)23(29)32-16-7-5-4-6-8-16/h4-12,14H,13H2,1-3H3. The summed E-state index contributed by atoms with van der Waals surface area (Å²) in [6, 6.07) is 16.1. The van der Waals surface area contributed by atoms with Gasteiger partial charge in [0.15, 0.2) is 5.65 Å². The third-order valence-corrected chi connectivity index (χ3v) is 5.11. The highest BCUT2D eigenvalue weighted by atomic mass is 35.5. The molecular weight excluding hydrogens is 432 g/mol. The first kappa shape index (κ1) is 21.5. The van der Waals surface area contributed by atoms with Crippen LogP contribution in [0.15, 0.2) is 60.9 Å². The predicted molar refractivity (Wildman–Crippen MR) is 122 cm³/mol. The van der Waals surface area contributed by atoms with Crippen LogP contribution in [0.3, 0.4) is 0 Å². The van der Waals surface area contributed by atoms with Crippen molar-refractivity contribution in [3.05, 3.63) is 71.6 Å². The first-order valence-corrected chi connectivity index (χ1v) is 10.1. The van der Waals surface area contributed by atoms with E-state index < -0.39 is 6.09 Å². The predicted octanol–water partition coefficient (Wildman–Crippen LogP) is 4.79. The number of methoxy groups -OCH3 is 2. The smallest absolute Gasteiger partial charge is 0.426 e. The van der Waals surface area contributed by atoms with E-state index in [1.165, 1.54) is 10.9 Å². The minimum atomic E-state index is -0.626. The molecule has 0 unspecified atom stereocenters. The zero-order chi connectivity index (χ0) is 22.7. The van der Waals surface area contributed by atoms with Gasteiger partial charge in [-0.1, -0.05) is 29.8 Å². The fourth-order valence-corrected chi connectivity index (χ4v) is 3.51. The van der Waals surface area contributed by atoms with E-state index in [9.17, 15) is 4.79 Å². The molecule has 0 aliphatic carbocycles. The fourth-order valence-electron chi connectivity index (χ4n) is 3.33. The van der Waals surface area contributed by atoms with Crippen molar-refractivity contribution in [2.24, 2.45) is 0 Å². The fraction of sp³-hybridized carbons (Fsp3) is 0.174. The molecule has 0 N–H and O–H groups in total. The maximum Gasteiger partial charge on any atom is 0.426 e. The average Bonchev–Trinajstić information content (AvgIpc) is 3.23. The van der Waals surface area contributed by atoms with Crippen LogP contribution < -0.4 is 19.1 Å². The van der Waals surface area contributed by atoms with Gasteiger partial charge in [0, 0.05) is 31.3 Å². The number of fused-ring (bicyclic) bond motifs is 1. The second-order valence-electron chi connectivity index (χ2n) is 6.97. The van der Waals surface area contributed by atoms with Gasteiger partial charge in [-0.25, -0.2) is 19.3 Å². The maximum absolute atomic E-state index is 12.7. The Balaban J connectivity index is 1.66. The van der Waals surface area contributed by atoms with Crippen LogP contribution >= 0.6 is 11.6 Å². The topological polar surface area (TPSA) is 78.7 Å². The SMILES string of the molecule is COc1ccc(CN(C)c2cc(Cl)nc3c2ncn3C(=O)Oc2ccccc2)c(OC)c1. The molecule has 8 nitrogen and oxygen atoms in total. The third kappa shape index (κ3) is 4.31. The molecule has 0 radical (unpaired) electrons. The molecule has 0 aliphatic heterocycles. The van der Waals surface area contributed by atoms with Crippen LogP contribution in [0.2, 0.25) is 5.15 Å². The minimum absolute atomic E-state index is 0.232. The van der Waals surface area contributed by atoms with Crippen LogP contribution in [0.25, 0.3) is 11.2 Å². The molecule has 0 atom stereocenters. The number of rotatable bonds is 6. The van der Waals surface area contributed by atoms with Crippen molar-refractivity contribution in [3.63, 3.8) is 0 Å². The first-order chi connectivity index (χ1) is 15.5. The molecule has 164 valence electrons. The maximum atomic E-state index is 12.7. The molecule has 0 saturated heterocycles. The van der Waals surface area contributed by atoms with Gasteiger partial charge in [-0.2, -0.15) is 0 Å². The number of hydrogen-bond acceptors (Lipinski definition) is 7. The zero-order valence-electron chi connectivity index (χ0n) is 17.8. The van der Waals surface area contributed by atoms with E-state index in [1.54, 1.807) is 44.6 Å². The van der Waals surface area contributed by atoms with Gasteiger partial charge >= 0.3 is 6.09 Å². The number of nitrogens with zero attached hydrogens (tertiary/aromatic N) is 4. The Bertz CT molecular complexity index is 1260. The van der Waals surface area contributed by atoms with Gasteiger partial charge in [-0.15, -0.1) is 0 Å². The summed E-state index contributed by atoms with van der Waals surface area (Å²) < 4.78 is 17.4. The lowest BCUT2D eigenvalue weighted by Crippen LogP contribution is -2.18. The van der Waals surface area contributed by atoms with Gasteiger partial charge in [0.05, 0.1) is 19.9 Å². The molecule has 0 fully saturated rings. The number of anilines is 1. The molecule has 0 spiro atoms. The monoisotopic (exact) mass is 452 g/mol. The highest BCUT2D eigenvalue weighted by Crippen LogP contribution is 2.31. The van der Waals surface area contributed by atoms with E-state index in [-0.39, 0.29) is 5.15 Å². The van der Waals surface area contributed by atoms with Gasteiger partial charge < -0.3 is 19.1 Å². The van der Waals surface area contributed by atoms with E-state index in [2.05, 4.69) is 9.97 Å². The van der Waals surface area contributed by atoms with E-state index in [0.717, 1.165) is 5.56 Å². The van der Waals surface area contributed by atoms with Gasteiger partial charge in [0.1, 0.15) is 34.2 Å². The Hall–Kier alpha value is -3.78. The largest absolute Gasteiger partial charge is 0.497 e. The first-order valence-electron chi connectivity index (χ1n) is 9.73. The summed E-state index contributed by atoms with van der Waals surface area (Å²) in [6.07, 6.45) is 0.754. The Labute approximate surface area is 189 Å². The molecule has 2 heterocycles.